The highest BCUT2D eigenvalue weighted by Crippen LogP contribution is 2.10. The largest absolute Gasteiger partial charge is 0.343 e. The molecule has 0 aromatic rings. The van der Waals surface area contributed by atoms with Crippen LogP contribution in [-0.4, -0.2) is 29.7 Å². The van der Waals surface area contributed by atoms with Gasteiger partial charge < -0.3 is 9.69 Å². The minimum Gasteiger partial charge on any atom is -0.343 e. The van der Waals surface area contributed by atoms with Crippen molar-refractivity contribution < 1.29 is 9.59 Å². The van der Waals surface area contributed by atoms with Crippen LogP contribution >= 0.6 is 0 Å². The van der Waals surface area contributed by atoms with Crippen molar-refractivity contribution in [3.8, 4) is 0 Å². The Hall–Kier alpha value is -0.860. The predicted molar refractivity (Wildman–Crippen MR) is 63.8 cm³/mol. The lowest BCUT2D eigenvalue weighted by Crippen LogP contribution is -2.25. The molecule has 90 valence electrons. The van der Waals surface area contributed by atoms with Gasteiger partial charge in [-0.2, -0.15) is 0 Å². The summed E-state index contributed by atoms with van der Waals surface area (Å²) >= 11 is 0. The van der Waals surface area contributed by atoms with Crippen LogP contribution in [0, 0.1) is 0 Å². The summed E-state index contributed by atoms with van der Waals surface area (Å²) in [7, 11) is 0. The van der Waals surface area contributed by atoms with Gasteiger partial charge in [0.15, 0.2) is 0 Å². The third-order valence-electron chi connectivity index (χ3n) is 2.13. The fraction of sp³-hybridized carbons (Fsp3) is 0.833. The second-order valence-electron chi connectivity index (χ2n) is 3.29. The maximum Gasteiger partial charge on any atom is 0.222 e. The fourth-order valence-corrected chi connectivity index (χ4v) is 1.46. The van der Waals surface area contributed by atoms with Crippen LogP contribution in [0.2, 0.25) is 0 Å². The Morgan fingerprint density at radius 2 is 2.00 bits per heavy atom. The van der Waals surface area contributed by atoms with Crippen LogP contribution in [0.15, 0.2) is 0 Å². The molecule has 3 heteroatoms. The van der Waals surface area contributed by atoms with Crippen LogP contribution in [0.25, 0.3) is 0 Å². The molecule has 3 nitrogen and oxygen atoms in total. The van der Waals surface area contributed by atoms with E-state index in [-0.39, 0.29) is 19.1 Å². The molecule has 0 radical (unpaired) electrons. The third kappa shape index (κ3) is 7.11. The van der Waals surface area contributed by atoms with Gasteiger partial charge in [-0.3, -0.25) is 4.79 Å². The van der Waals surface area contributed by atoms with E-state index in [2.05, 4.69) is 0 Å². The summed E-state index contributed by atoms with van der Waals surface area (Å²) in [5.41, 5.74) is 0. The van der Waals surface area contributed by atoms with E-state index in [0.717, 1.165) is 25.9 Å². The zero-order valence-electron chi connectivity index (χ0n) is 9.51. The van der Waals surface area contributed by atoms with E-state index in [0.29, 0.717) is 12.8 Å². The summed E-state index contributed by atoms with van der Waals surface area (Å²) in [6.45, 7) is 7.24. The van der Waals surface area contributed by atoms with Crippen LogP contribution in [0.1, 0.15) is 53.9 Å². The number of likely N-dealkylation sites (tertiary alicyclic amines) is 1. The summed E-state index contributed by atoms with van der Waals surface area (Å²) in [5, 5.41) is 0. The minimum atomic E-state index is 0. The molecular weight excluding hydrogens is 190 g/mol. The second-order valence-corrected chi connectivity index (χ2v) is 3.29. The van der Waals surface area contributed by atoms with E-state index in [1.807, 2.05) is 18.7 Å². The van der Waals surface area contributed by atoms with E-state index in [4.69, 9.17) is 0 Å². The Labute approximate surface area is 93.8 Å². The second kappa shape index (κ2) is 9.69. The van der Waals surface area contributed by atoms with E-state index in [9.17, 15) is 9.59 Å². The lowest BCUT2D eigenvalue weighted by atomic mass is 10.2. The predicted octanol–water partition coefficient (Wildman–Crippen LogP) is 2.64. The first-order valence-electron chi connectivity index (χ1n) is 5.47. The molecule has 0 spiro atoms. The fourth-order valence-electron chi connectivity index (χ4n) is 1.46. The Kier molecular flexibility index (Phi) is 10.7. The molecule has 0 aromatic carbocycles. The molecule has 0 aliphatic carbocycles. The number of hydrogen-bond donors (Lipinski definition) is 0. The minimum absolute atomic E-state index is 0. The molecule has 1 aliphatic heterocycles. The highest BCUT2D eigenvalue weighted by molar-refractivity contribution is 5.78. The third-order valence-corrected chi connectivity index (χ3v) is 2.13. The number of hydrogen-bond acceptors (Lipinski definition) is 2. The van der Waals surface area contributed by atoms with Gasteiger partial charge in [0.05, 0.1) is 0 Å². The number of ketones is 1. The van der Waals surface area contributed by atoms with Crippen molar-refractivity contribution in [1.29, 1.82) is 0 Å². The quantitative estimate of drug-likeness (QED) is 0.723. The smallest absolute Gasteiger partial charge is 0.222 e. The van der Waals surface area contributed by atoms with Crippen LogP contribution in [0.3, 0.4) is 0 Å². The van der Waals surface area contributed by atoms with Crippen LogP contribution in [0.4, 0.5) is 0 Å². The molecule has 15 heavy (non-hydrogen) atoms. The van der Waals surface area contributed by atoms with E-state index < -0.39 is 0 Å². The van der Waals surface area contributed by atoms with Crippen LogP contribution in [0.5, 0.6) is 0 Å². The van der Waals surface area contributed by atoms with Gasteiger partial charge in [-0.05, 0) is 19.8 Å². The first-order chi connectivity index (χ1) is 6.70. The Morgan fingerprint density at radius 1 is 1.40 bits per heavy atom. The van der Waals surface area contributed by atoms with Crippen molar-refractivity contribution >= 4 is 11.7 Å². The SMILES string of the molecule is C.CC.CC(=O)CCCN1CCCC1=O. The lowest BCUT2D eigenvalue weighted by Gasteiger charge is -2.14. The van der Waals surface area contributed by atoms with Gasteiger partial charge in [0.1, 0.15) is 5.78 Å². The van der Waals surface area contributed by atoms with Gasteiger partial charge in [0, 0.05) is 25.9 Å². The van der Waals surface area contributed by atoms with Crippen molar-refractivity contribution in [3.63, 3.8) is 0 Å². The maximum atomic E-state index is 11.1. The van der Waals surface area contributed by atoms with Gasteiger partial charge in [-0.1, -0.05) is 21.3 Å². The zero-order valence-corrected chi connectivity index (χ0v) is 9.51. The molecule has 0 unspecified atom stereocenters. The summed E-state index contributed by atoms with van der Waals surface area (Å²) in [4.78, 5) is 23.5. The average molecular weight is 215 g/mol. The maximum absolute atomic E-state index is 11.1. The lowest BCUT2D eigenvalue weighted by molar-refractivity contribution is -0.128. The number of carbonyl (C=O) groups excluding carboxylic acids is 2. The van der Waals surface area contributed by atoms with Gasteiger partial charge in [0.2, 0.25) is 5.91 Å². The highest BCUT2D eigenvalue weighted by atomic mass is 16.2. The first kappa shape index (κ1) is 16.6. The average Bonchev–Trinajstić information content (AvgIpc) is 2.55. The van der Waals surface area contributed by atoms with Crippen molar-refractivity contribution in [2.24, 2.45) is 0 Å². The molecule has 1 fully saturated rings. The molecule has 1 amide bonds. The Morgan fingerprint density at radius 3 is 2.40 bits per heavy atom. The van der Waals surface area contributed by atoms with Crippen LogP contribution < -0.4 is 0 Å². The molecule has 1 rings (SSSR count). The summed E-state index contributed by atoms with van der Waals surface area (Å²) < 4.78 is 0. The topological polar surface area (TPSA) is 37.4 Å². The number of amides is 1. The molecule has 0 bridgehead atoms. The summed E-state index contributed by atoms with van der Waals surface area (Å²) in [5.74, 6) is 0.459. The molecular formula is C12H25NO2. The number of carbonyl (C=O) groups is 2. The molecule has 1 aliphatic rings. The molecule has 0 N–H and O–H groups in total. The van der Waals surface area contributed by atoms with Crippen molar-refractivity contribution in [2.45, 2.75) is 53.9 Å². The molecule has 0 aromatic heterocycles. The van der Waals surface area contributed by atoms with Gasteiger partial charge in [-0.15, -0.1) is 0 Å². The summed E-state index contributed by atoms with van der Waals surface area (Å²) in [6.07, 6.45) is 3.10. The number of rotatable bonds is 4. The van der Waals surface area contributed by atoms with E-state index in [1.165, 1.54) is 0 Å². The van der Waals surface area contributed by atoms with Gasteiger partial charge >= 0.3 is 0 Å². The monoisotopic (exact) mass is 215 g/mol. The van der Waals surface area contributed by atoms with Gasteiger partial charge in [0.25, 0.3) is 0 Å². The zero-order chi connectivity index (χ0) is 11.0. The highest BCUT2D eigenvalue weighted by Gasteiger charge is 2.18. The standard InChI is InChI=1S/C9H15NO2.C2H6.CH4/c1-8(11)4-2-6-10-7-3-5-9(10)12;1-2;/h2-7H2,1H3;1-2H3;1H4. The Bertz CT molecular complexity index is 190. The van der Waals surface area contributed by atoms with Crippen LogP contribution in [-0.2, 0) is 9.59 Å². The molecule has 0 atom stereocenters. The normalized spacial score (nSPS) is 14.1. The Balaban J connectivity index is 0. The van der Waals surface area contributed by atoms with E-state index >= 15 is 0 Å². The first-order valence-corrected chi connectivity index (χ1v) is 5.47. The molecule has 0 saturated carbocycles. The van der Waals surface area contributed by atoms with Crippen molar-refractivity contribution in [1.82, 2.24) is 4.90 Å². The molecule has 1 heterocycles. The summed E-state index contributed by atoms with van der Waals surface area (Å²) in [6, 6.07) is 0. The van der Waals surface area contributed by atoms with Gasteiger partial charge in [-0.25, -0.2) is 0 Å². The van der Waals surface area contributed by atoms with Crippen molar-refractivity contribution in [2.75, 3.05) is 13.1 Å². The van der Waals surface area contributed by atoms with Crippen molar-refractivity contribution in [3.05, 3.63) is 0 Å². The number of nitrogens with zero attached hydrogens (tertiary/aromatic N) is 1. The van der Waals surface area contributed by atoms with E-state index in [1.54, 1.807) is 6.92 Å². The number of Topliss-reactive ketones (excluding diaryl/α,β-unsaturated/α-hetero) is 1. The molecule has 1 saturated heterocycles.